The Morgan fingerprint density at radius 1 is 1.31 bits per heavy atom. The number of halogens is 1. The van der Waals surface area contributed by atoms with Crippen LogP contribution in [0.15, 0.2) is 0 Å². The van der Waals surface area contributed by atoms with Gasteiger partial charge in [-0.05, 0) is 24.2 Å². The van der Waals surface area contributed by atoms with Gasteiger partial charge >= 0.3 is 0 Å². The molecule has 1 heteroatoms. The molecule has 2 unspecified atom stereocenters. The number of hydrogen-bond donors (Lipinski definition) is 0. The third-order valence-electron chi connectivity index (χ3n) is 3.67. The van der Waals surface area contributed by atoms with Gasteiger partial charge in [0.2, 0.25) is 0 Å². The summed E-state index contributed by atoms with van der Waals surface area (Å²) in [7, 11) is 0. The lowest BCUT2D eigenvalue weighted by Gasteiger charge is -2.23. The molecule has 1 rings (SSSR count). The lowest BCUT2D eigenvalue weighted by Crippen LogP contribution is -2.16. The smallest absolute Gasteiger partial charge is 0.0254 e. The highest BCUT2D eigenvalue weighted by Crippen LogP contribution is 2.35. The minimum absolute atomic E-state index is 0.805. The molecule has 1 saturated carbocycles. The molecular formula is C12H23Cl. The van der Waals surface area contributed by atoms with Crippen molar-refractivity contribution >= 4 is 11.6 Å². The SMILES string of the molecule is CCC(C)CC(CCl)C1CCCC1. The maximum absolute atomic E-state index is 6.05. The summed E-state index contributed by atoms with van der Waals surface area (Å²) in [4.78, 5) is 0. The molecule has 0 aliphatic heterocycles. The van der Waals surface area contributed by atoms with Gasteiger partial charge in [-0.1, -0.05) is 46.0 Å². The van der Waals surface area contributed by atoms with E-state index >= 15 is 0 Å². The second-order valence-electron chi connectivity index (χ2n) is 4.71. The van der Waals surface area contributed by atoms with Crippen LogP contribution in [-0.2, 0) is 0 Å². The third-order valence-corrected chi connectivity index (χ3v) is 4.06. The third kappa shape index (κ3) is 3.50. The molecular weight excluding hydrogens is 180 g/mol. The molecule has 0 amide bonds. The molecule has 0 nitrogen and oxygen atoms in total. The minimum Gasteiger partial charge on any atom is -0.126 e. The monoisotopic (exact) mass is 202 g/mol. The summed E-state index contributed by atoms with van der Waals surface area (Å²) in [6.45, 7) is 4.64. The highest BCUT2D eigenvalue weighted by atomic mass is 35.5. The second kappa shape index (κ2) is 5.90. The fourth-order valence-electron chi connectivity index (χ4n) is 2.49. The van der Waals surface area contributed by atoms with E-state index in [-0.39, 0.29) is 0 Å². The van der Waals surface area contributed by atoms with Gasteiger partial charge in [-0.25, -0.2) is 0 Å². The Balaban J connectivity index is 2.32. The van der Waals surface area contributed by atoms with Crippen molar-refractivity contribution in [3.63, 3.8) is 0 Å². The molecule has 0 radical (unpaired) electrons. The van der Waals surface area contributed by atoms with Crippen LogP contribution in [0.4, 0.5) is 0 Å². The predicted octanol–water partition coefficient (Wildman–Crippen LogP) is 4.47. The Kier molecular flexibility index (Phi) is 5.16. The fourth-order valence-corrected chi connectivity index (χ4v) is 2.87. The zero-order valence-electron chi connectivity index (χ0n) is 9.06. The molecule has 2 atom stereocenters. The Morgan fingerprint density at radius 3 is 2.38 bits per heavy atom. The van der Waals surface area contributed by atoms with Crippen molar-refractivity contribution in [3.05, 3.63) is 0 Å². The largest absolute Gasteiger partial charge is 0.126 e. The number of alkyl halides is 1. The lowest BCUT2D eigenvalue weighted by atomic mass is 9.84. The molecule has 0 heterocycles. The average molecular weight is 203 g/mol. The van der Waals surface area contributed by atoms with Crippen molar-refractivity contribution in [1.29, 1.82) is 0 Å². The van der Waals surface area contributed by atoms with Crippen LogP contribution in [0.1, 0.15) is 52.4 Å². The first kappa shape index (κ1) is 11.4. The molecule has 1 aliphatic carbocycles. The lowest BCUT2D eigenvalue weighted by molar-refractivity contribution is 0.300. The van der Waals surface area contributed by atoms with Crippen LogP contribution in [-0.4, -0.2) is 5.88 Å². The van der Waals surface area contributed by atoms with E-state index in [2.05, 4.69) is 13.8 Å². The first-order valence-electron chi connectivity index (χ1n) is 5.83. The fraction of sp³-hybridized carbons (Fsp3) is 1.00. The van der Waals surface area contributed by atoms with Crippen molar-refractivity contribution in [1.82, 2.24) is 0 Å². The van der Waals surface area contributed by atoms with Crippen LogP contribution in [0.3, 0.4) is 0 Å². The predicted molar refractivity (Wildman–Crippen MR) is 60.2 cm³/mol. The van der Waals surface area contributed by atoms with Gasteiger partial charge in [-0.2, -0.15) is 0 Å². The molecule has 0 aromatic heterocycles. The van der Waals surface area contributed by atoms with Crippen LogP contribution in [0.25, 0.3) is 0 Å². The summed E-state index contributed by atoms with van der Waals surface area (Å²) in [6.07, 6.45) is 8.42. The molecule has 0 bridgehead atoms. The summed E-state index contributed by atoms with van der Waals surface area (Å²) in [5.74, 6) is 3.50. The van der Waals surface area contributed by atoms with Crippen LogP contribution in [0, 0.1) is 17.8 Å². The van der Waals surface area contributed by atoms with E-state index in [1.165, 1.54) is 38.5 Å². The molecule has 0 spiro atoms. The molecule has 0 N–H and O–H groups in total. The van der Waals surface area contributed by atoms with Crippen molar-refractivity contribution in [2.45, 2.75) is 52.4 Å². The Bertz CT molecular complexity index is 127. The summed E-state index contributed by atoms with van der Waals surface area (Å²) < 4.78 is 0. The summed E-state index contributed by atoms with van der Waals surface area (Å²) in [5.41, 5.74) is 0. The van der Waals surface area contributed by atoms with E-state index in [1.807, 2.05) is 0 Å². The quantitative estimate of drug-likeness (QED) is 0.578. The first-order chi connectivity index (χ1) is 6.27. The van der Waals surface area contributed by atoms with Crippen molar-refractivity contribution in [2.75, 3.05) is 5.88 Å². The maximum Gasteiger partial charge on any atom is 0.0254 e. The van der Waals surface area contributed by atoms with Crippen LogP contribution in [0.5, 0.6) is 0 Å². The van der Waals surface area contributed by atoms with E-state index in [4.69, 9.17) is 11.6 Å². The van der Waals surface area contributed by atoms with E-state index in [1.54, 1.807) is 0 Å². The topological polar surface area (TPSA) is 0 Å². The molecule has 0 saturated heterocycles. The van der Waals surface area contributed by atoms with E-state index in [0.717, 1.165) is 23.6 Å². The number of hydrogen-bond acceptors (Lipinski definition) is 0. The summed E-state index contributed by atoms with van der Waals surface area (Å²) in [5, 5.41) is 0. The van der Waals surface area contributed by atoms with E-state index < -0.39 is 0 Å². The van der Waals surface area contributed by atoms with Gasteiger partial charge < -0.3 is 0 Å². The van der Waals surface area contributed by atoms with Crippen LogP contribution < -0.4 is 0 Å². The Hall–Kier alpha value is 0.290. The zero-order valence-corrected chi connectivity index (χ0v) is 9.82. The standard InChI is InChI=1S/C12H23Cl/c1-3-10(2)8-12(9-13)11-6-4-5-7-11/h10-12H,3-9H2,1-2H3. The van der Waals surface area contributed by atoms with Gasteiger partial charge in [0.1, 0.15) is 0 Å². The van der Waals surface area contributed by atoms with Crippen molar-refractivity contribution in [2.24, 2.45) is 17.8 Å². The number of rotatable bonds is 5. The minimum atomic E-state index is 0.805. The normalized spacial score (nSPS) is 23.3. The maximum atomic E-state index is 6.05. The molecule has 1 fully saturated rings. The van der Waals surface area contributed by atoms with Gasteiger partial charge in [-0.15, -0.1) is 11.6 Å². The Morgan fingerprint density at radius 2 is 1.92 bits per heavy atom. The van der Waals surface area contributed by atoms with Crippen LogP contribution in [0.2, 0.25) is 0 Å². The second-order valence-corrected chi connectivity index (χ2v) is 5.02. The molecule has 0 aromatic carbocycles. The van der Waals surface area contributed by atoms with Crippen molar-refractivity contribution < 1.29 is 0 Å². The molecule has 1 aliphatic rings. The van der Waals surface area contributed by atoms with Gasteiger partial charge in [0.05, 0.1) is 0 Å². The first-order valence-corrected chi connectivity index (χ1v) is 6.37. The van der Waals surface area contributed by atoms with Gasteiger partial charge in [0.15, 0.2) is 0 Å². The molecule has 0 aromatic rings. The zero-order chi connectivity index (χ0) is 9.68. The van der Waals surface area contributed by atoms with E-state index in [0.29, 0.717) is 0 Å². The summed E-state index contributed by atoms with van der Waals surface area (Å²) in [6, 6.07) is 0. The molecule has 13 heavy (non-hydrogen) atoms. The summed E-state index contributed by atoms with van der Waals surface area (Å²) >= 11 is 6.05. The Labute approximate surface area is 88.1 Å². The highest BCUT2D eigenvalue weighted by molar-refractivity contribution is 6.18. The average Bonchev–Trinajstić information content (AvgIpc) is 2.66. The highest BCUT2D eigenvalue weighted by Gasteiger charge is 2.25. The molecule has 78 valence electrons. The van der Waals surface area contributed by atoms with E-state index in [9.17, 15) is 0 Å². The van der Waals surface area contributed by atoms with Gasteiger partial charge in [0, 0.05) is 5.88 Å². The van der Waals surface area contributed by atoms with Gasteiger partial charge in [-0.3, -0.25) is 0 Å². The van der Waals surface area contributed by atoms with Crippen LogP contribution >= 0.6 is 11.6 Å². The van der Waals surface area contributed by atoms with Gasteiger partial charge in [0.25, 0.3) is 0 Å². The van der Waals surface area contributed by atoms with Crippen molar-refractivity contribution in [3.8, 4) is 0 Å².